The van der Waals surface area contributed by atoms with E-state index in [4.69, 9.17) is 0 Å². The molecule has 1 aliphatic carbocycles. The van der Waals surface area contributed by atoms with E-state index in [1.165, 1.54) is 17.9 Å². The van der Waals surface area contributed by atoms with Crippen LogP contribution in [0.25, 0.3) is 0 Å². The van der Waals surface area contributed by atoms with Crippen LogP contribution in [0.15, 0.2) is 24.3 Å². The second-order valence-electron chi connectivity index (χ2n) is 4.57. The molecule has 1 aromatic rings. The van der Waals surface area contributed by atoms with Gasteiger partial charge in [-0.1, -0.05) is 31.2 Å². The molecular weight excluding hydrogens is 214 g/mol. The van der Waals surface area contributed by atoms with Gasteiger partial charge in [-0.15, -0.1) is 0 Å². The summed E-state index contributed by atoms with van der Waals surface area (Å²) >= 11 is 2.02. The predicted octanol–water partition coefficient (Wildman–Crippen LogP) is 3.06. The molecule has 0 radical (unpaired) electrons. The average Bonchev–Trinajstić information content (AvgIpc) is 2.27. The molecule has 0 bridgehead atoms. The second kappa shape index (κ2) is 5.74. The van der Waals surface area contributed by atoms with E-state index in [1.807, 2.05) is 11.8 Å². The van der Waals surface area contributed by atoms with E-state index < -0.39 is 0 Å². The standard InChI is InChI=1S/C14H21NS/c1-3-16-10-11(2)15-9-13-8-12-6-4-5-7-14(12)13/h4-7,11,13,15H,3,8-10H2,1-2H3. The molecule has 0 amide bonds. The SMILES string of the molecule is CCSCC(C)NCC1Cc2ccccc21. The van der Waals surface area contributed by atoms with Gasteiger partial charge in [-0.05, 0) is 30.2 Å². The number of hydrogen-bond donors (Lipinski definition) is 1. The summed E-state index contributed by atoms with van der Waals surface area (Å²) < 4.78 is 0. The largest absolute Gasteiger partial charge is 0.313 e. The van der Waals surface area contributed by atoms with Crippen LogP contribution in [0.4, 0.5) is 0 Å². The van der Waals surface area contributed by atoms with Crippen molar-refractivity contribution in [2.45, 2.75) is 32.2 Å². The molecule has 0 saturated carbocycles. The van der Waals surface area contributed by atoms with Crippen LogP contribution in [0.2, 0.25) is 0 Å². The minimum Gasteiger partial charge on any atom is -0.313 e. The third-order valence-electron chi connectivity index (χ3n) is 3.25. The first-order chi connectivity index (χ1) is 7.81. The number of thioether (sulfide) groups is 1. The molecule has 0 fully saturated rings. The first-order valence-electron chi connectivity index (χ1n) is 6.20. The van der Waals surface area contributed by atoms with E-state index in [0.29, 0.717) is 6.04 Å². The quantitative estimate of drug-likeness (QED) is 0.813. The van der Waals surface area contributed by atoms with Crippen molar-refractivity contribution in [1.29, 1.82) is 0 Å². The van der Waals surface area contributed by atoms with Gasteiger partial charge in [-0.25, -0.2) is 0 Å². The number of nitrogens with one attached hydrogen (secondary N) is 1. The molecule has 1 aliphatic rings. The molecule has 0 aromatic heterocycles. The van der Waals surface area contributed by atoms with Crippen molar-refractivity contribution in [2.75, 3.05) is 18.1 Å². The molecule has 1 aromatic carbocycles. The lowest BCUT2D eigenvalue weighted by Crippen LogP contribution is -2.35. The van der Waals surface area contributed by atoms with Crippen molar-refractivity contribution in [3.05, 3.63) is 35.4 Å². The molecule has 0 spiro atoms. The lowest BCUT2D eigenvalue weighted by molar-refractivity contribution is 0.500. The van der Waals surface area contributed by atoms with Gasteiger partial charge in [0.2, 0.25) is 0 Å². The van der Waals surface area contributed by atoms with Crippen molar-refractivity contribution in [3.63, 3.8) is 0 Å². The van der Waals surface area contributed by atoms with E-state index in [1.54, 1.807) is 11.1 Å². The summed E-state index contributed by atoms with van der Waals surface area (Å²) in [5.74, 6) is 3.20. The molecule has 16 heavy (non-hydrogen) atoms. The molecule has 0 heterocycles. The van der Waals surface area contributed by atoms with Crippen molar-refractivity contribution in [2.24, 2.45) is 0 Å². The molecule has 2 atom stereocenters. The summed E-state index contributed by atoms with van der Waals surface area (Å²) in [6.45, 7) is 5.65. The summed E-state index contributed by atoms with van der Waals surface area (Å²) in [6.07, 6.45) is 1.26. The van der Waals surface area contributed by atoms with E-state index in [0.717, 1.165) is 12.5 Å². The van der Waals surface area contributed by atoms with Gasteiger partial charge < -0.3 is 5.32 Å². The maximum Gasteiger partial charge on any atom is 0.0130 e. The highest BCUT2D eigenvalue weighted by molar-refractivity contribution is 7.99. The molecule has 0 saturated heterocycles. The highest BCUT2D eigenvalue weighted by Crippen LogP contribution is 2.34. The topological polar surface area (TPSA) is 12.0 Å². The Hall–Kier alpha value is -0.470. The maximum atomic E-state index is 3.64. The third kappa shape index (κ3) is 2.80. The molecule has 2 rings (SSSR count). The van der Waals surface area contributed by atoms with E-state index in [-0.39, 0.29) is 0 Å². The first kappa shape index (κ1) is 12.0. The van der Waals surface area contributed by atoms with Gasteiger partial charge in [0.25, 0.3) is 0 Å². The Morgan fingerprint density at radius 1 is 1.44 bits per heavy atom. The van der Waals surface area contributed by atoms with Crippen molar-refractivity contribution < 1.29 is 0 Å². The van der Waals surface area contributed by atoms with E-state index in [2.05, 4.69) is 43.4 Å². The van der Waals surface area contributed by atoms with Gasteiger partial charge in [-0.3, -0.25) is 0 Å². The molecule has 88 valence electrons. The molecular formula is C14H21NS. The van der Waals surface area contributed by atoms with Crippen LogP contribution in [0.3, 0.4) is 0 Å². The van der Waals surface area contributed by atoms with Crippen LogP contribution >= 0.6 is 11.8 Å². The number of hydrogen-bond acceptors (Lipinski definition) is 2. The zero-order valence-electron chi connectivity index (χ0n) is 10.2. The Bertz CT molecular complexity index is 337. The minimum atomic E-state index is 0.637. The minimum absolute atomic E-state index is 0.637. The summed E-state index contributed by atoms with van der Waals surface area (Å²) in [5, 5.41) is 3.64. The average molecular weight is 235 g/mol. The lowest BCUT2D eigenvalue weighted by atomic mass is 9.77. The Labute approximate surface area is 103 Å². The van der Waals surface area contributed by atoms with Crippen LogP contribution < -0.4 is 5.32 Å². The van der Waals surface area contributed by atoms with Gasteiger partial charge in [0, 0.05) is 24.3 Å². The highest BCUT2D eigenvalue weighted by Gasteiger charge is 2.24. The van der Waals surface area contributed by atoms with Gasteiger partial charge in [-0.2, -0.15) is 11.8 Å². The third-order valence-corrected chi connectivity index (χ3v) is 4.39. The zero-order chi connectivity index (χ0) is 11.4. The summed E-state index contributed by atoms with van der Waals surface area (Å²) in [4.78, 5) is 0. The molecule has 2 unspecified atom stereocenters. The van der Waals surface area contributed by atoms with Gasteiger partial charge in [0.1, 0.15) is 0 Å². The summed E-state index contributed by atoms with van der Waals surface area (Å²) in [6, 6.07) is 9.46. The zero-order valence-corrected chi connectivity index (χ0v) is 11.0. The Morgan fingerprint density at radius 3 is 3.00 bits per heavy atom. The van der Waals surface area contributed by atoms with Crippen LogP contribution in [0.1, 0.15) is 30.9 Å². The van der Waals surface area contributed by atoms with Gasteiger partial charge in [0.15, 0.2) is 0 Å². The fourth-order valence-corrected chi connectivity index (χ4v) is 2.95. The molecule has 1 nitrogen and oxygen atoms in total. The lowest BCUT2D eigenvalue weighted by Gasteiger charge is -2.31. The second-order valence-corrected chi connectivity index (χ2v) is 5.89. The normalized spacial score (nSPS) is 20.0. The Balaban J connectivity index is 1.73. The fraction of sp³-hybridized carbons (Fsp3) is 0.571. The summed E-state index contributed by atoms with van der Waals surface area (Å²) in [5.41, 5.74) is 3.11. The number of benzene rings is 1. The fourth-order valence-electron chi connectivity index (χ4n) is 2.24. The number of fused-ring (bicyclic) bond motifs is 1. The number of rotatable bonds is 6. The smallest absolute Gasteiger partial charge is 0.0130 e. The van der Waals surface area contributed by atoms with E-state index >= 15 is 0 Å². The molecule has 1 N–H and O–H groups in total. The van der Waals surface area contributed by atoms with Gasteiger partial charge in [0.05, 0.1) is 0 Å². The van der Waals surface area contributed by atoms with E-state index in [9.17, 15) is 0 Å². The van der Waals surface area contributed by atoms with Crippen molar-refractivity contribution in [1.82, 2.24) is 5.32 Å². The Morgan fingerprint density at radius 2 is 2.25 bits per heavy atom. The first-order valence-corrected chi connectivity index (χ1v) is 7.35. The van der Waals surface area contributed by atoms with Crippen molar-refractivity contribution in [3.8, 4) is 0 Å². The maximum absolute atomic E-state index is 3.64. The van der Waals surface area contributed by atoms with Crippen LogP contribution in [0.5, 0.6) is 0 Å². The summed E-state index contributed by atoms with van der Waals surface area (Å²) in [7, 11) is 0. The predicted molar refractivity (Wildman–Crippen MR) is 73.4 cm³/mol. The van der Waals surface area contributed by atoms with Gasteiger partial charge >= 0.3 is 0 Å². The van der Waals surface area contributed by atoms with Crippen LogP contribution in [0, 0.1) is 0 Å². The van der Waals surface area contributed by atoms with Crippen molar-refractivity contribution >= 4 is 11.8 Å². The highest BCUT2D eigenvalue weighted by atomic mass is 32.2. The monoisotopic (exact) mass is 235 g/mol. The molecule has 0 aliphatic heterocycles. The Kier molecular flexibility index (Phi) is 4.30. The van der Waals surface area contributed by atoms with Crippen LogP contribution in [-0.4, -0.2) is 24.1 Å². The molecule has 2 heteroatoms. The van der Waals surface area contributed by atoms with Crippen LogP contribution in [-0.2, 0) is 6.42 Å².